The zero-order valence-corrected chi connectivity index (χ0v) is 10.7. The smallest absolute Gasteiger partial charge is 0.122 e. The van der Waals surface area contributed by atoms with Gasteiger partial charge in [0.25, 0.3) is 0 Å². The molecule has 1 aliphatic heterocycles. The van der Waals surface area contributed by atoms with E-state index in [1.54, 1.807) is 6.26 Å². The maximum Gasteiger partial charge on any atom is 0.122 e. The third kappa shape index (κ3) is 3.56. The third-order valence-electron chi connectivity index (χ3n) is 3.29. The number of furan rings is 1. The van der Waals surface area contributed by atoms with E-state index >= 15 is 0 Å². The van der Waals surface area contributed by atoms with Gasteiger partial charge in [0, 0.05) is 19.7 Å². The van der Waals surface area contributed by atoms with Crippen molar-refractivity contribution < 1.29 is 9.15 Å². The van der Waals surface area contributed by atoms with E-state index in [1.165, 1.54) is 6.42 Å². The molecule has 2 rings (SSSR count). The summed E-state index contributed by atoms with van der Waals surface area (Å²) in [5, 5.41) is 3.52. The SMILES string of the molecule is CN(C)C(CNCC1CCOC1)c1ccco1. The van der Waals surface area contributed by atoms with Crippen molar-refractivity contribution in [2.45, 2.75) is 12.5 Å². The van der Waals surface area contributed by atoms with Crippen molar-refractivity contribution in [3.8, 4) is 0 Å². The van der Waals surface area contributed by atoms with Crippen molar-refractivity contribution >= 4 is 0 Å². The van der Waals surface area contributed by atoms with Crippen LogP contribution >= 0.6 is 0 Å². The lowest BCUT2D eigenvalue weighted by atomic mass is 10.1. The lowest BCUT2D eigenvalue weighted by Gasteiger charge is -2.23. The Bertz CT molecular complexity index is 305. The van der Waals surface area contributed by atoms with Crippen LogP contribution in [0.1, 0.15) is 18.2 Å². The summed E-state index contributed by atoms with van der Waals surface area (Å²) in [4.78, 5) is 2.18. The molecule has 1 aromatic rings. The van der Waals surface area contributed by atoms with Gasteiger partial charge in [-0.1, -0.05) is 0 Å². The van der Waals surface area contributed by atoms with Crippen LogP contribution in [0.25, 0.3) is 0 Å². The largest absolute Gasteiger partial charge is 0.468 e. The first-order valence-corrected chi connectivity index (χ1v) is 6.25. The lowest BCUT2D eigenvalue weighted by Crippen LogP contribution is -2.33. The Hall–Kier alpha value is -0.840. The molecule has 0 spiro atoms. The summed E-state index contributed by atoms with van der Waals surface area (Å²) >= 11 is 0. The average molecular weight is 238 g/mol. The minimum Gasteiger partial charge on any atom is -0.468 e. The van der Waals surface area contributed by atoms with Crippen LogP contribution in [0, 0.1) is 5.92 Å². The molecule has 0 bridgehead atoms. The number of ether oxygens (including phenoxy) is 1. The fourth-order valence-electron chi connectivity index (χ4n) is 2.19. The fourth-order valence-corrected chi connectivity index (χ4v) is 2.19. The summed E-state index contributed by atoms with van der Waals surface area (Å²) in [6.45, 7) is 3.77. The quantitative estimate of drug-likeness (QED) is 0.815. The summed E-state index contributed by atoms with van der Waals surface area (Å²) in [7, 11) is 4.15. The Balaban J connectivity index is 1.78. The molecule has 1 N–H and O–H groups in total. The van der Waals surface area contributed by atoms with E-state index in [9.17, 15) is 0 Å². The van der Waals surface area contributed by atoms with E-state index in [2.05, 4.69) is 24.3 Å². The molecule has 0 amide bonds. The monoisotopic (exact) mass is 238 g/mol. The summed E-state index contributed by atoms with van der Waals surface area (Å²) in [6, 6.07) is 4.27. The van der Waals surface area contributed by atoms with Gasteiger partial charge in [-0.2, -0.15) is 0 Å². The molecule has 0 saturated carbocycles. The highest BCUT2D eigenvalue weighted by Gasteiger charge is 2.19. The van der Waals surface area contributed by atoms with Gasteiger partial charge in [-0.05, 0) is 38.6 Å². The highest BCUT2D eigenvalue weighted by Crippen LogP contribution is 2.18. The minimum absolute atomic E-state index is 0.298. The zero-order valence-electron chi connectivity index (χ0n) is 10.7. The van der Waals surface area contributed by atoms with Crippen LogP contribution in [0.3, 0.4) is 0 Å². The van der Waals surface area contributed by atoms with Gasteiger partial charge in [0.2, 0.25) is 0 Å². The first-order valence-electron chi connectivity index (χ1n) is 6.25. The number of hydrogen-bond acceptors (Lipinski definition) is 4. The molecule has 4 nitrogen and oxygen atoms in total. The second kappa shape index (κ2) is 6.19. The highest BCUT2D eigenvalue weighted by atomic mass is 16.5. The lowest BCUT2D eigenvalue weighted by molar-refractivity contribution is 0.183. The molecule has 96 valence electrons. The predicted molar refractivity (Wildman–Crippen MR) is 66.9 cm³/mol. The molecule has 1 aromatic heterocycles. The molecule has 2 unspecified atom stereocenters. The Morgan fingerprint density at radius 1 is 1.53 bits per heavy atom. The molecule has 4 heteroatoms. The Morgan fingerprint density at radius 2 is 2.41 bits per heavy atom. The Kier molecular flexibility index (Phi) is 4.59. The van der Waals surface area contributed by atoms with Gasteiger partial charge in [-0.3, -0.25) is 4.90 Å². The maximum absolute atomic E-state index is 5.47. The van der Waals surface area contributed by atoms with E-state index in [-0.39, 0.29) is 0 Å². The molecule has 2 heterocycles. The summed E-state index contributed by atoms with van der Waals surface area (Å²) < 4.78 is 10.8. The summed E-state index contributed by atoms with van der Waals surface area (Å²) in [6.07, 6.45) is 2.91. The fraction of sp³-hybridized carbons (Fsp3) is 0.692. The van der Waals surface area contributed by atoms with Gasteiger partial charge < -0.3 is 14.5 Å². The van der Waals surface area contributed by atoms with Crippen LogP contribution in [-0.2, 0) is 4.74 Å². The summed E-state index contributed by atoms with van der Waals surface area (Å²) in [5.74, 6) is 1.69. The van der Waals surface area contributed by atoms with Crippen molar-refractivity contribution in [2.75, 3.05) is 40.4 Å². The molecule has 1 aliphatic rings. The number of nitrogens with zero attached hydrogens (tertiary/aromatic N) is 1. The molecule has 0 aromatic carbocycles. The maximum atomic E-state index is 5.47. The molecule has 2 atom stereocenters. The first-order chi connectivity index (χ1) is 8.27. The third-order valence-corrected chi connectivity index (χ3v) is 3.29. The predicted octanol–water partition coefficient (Wildman–Crippen LogP) is 1.51. The van der Waals surface area contributed by atoms with Crippen molar-refractivity contribution in [3.05, 3.63) is 24.2 Å². The topological polar surface area (TPSA) is 37.6 Å². The van der Waals surface area contributed by atoms with Crippen LogP contribution < -0.4 is 5.32 Å². The number of likely N-dealkylation sites (N-methyl/N-ethyl adjacent to an activating group) is 1. The van der Waals surface area contributed by atoms with Gasteiger partial charge >= 0.3 is 0 Å². The minimum atomic E-state index is 0.298. The Labute approximate surface area is 103 Å². The molecule has 1 saturated heterocycles. The van der Waals surface area contributed by atoms with Gasteiger partial charge in [0.15, 0.2) is 0 Å². The van der Waals surface area contributed by atoms with Crippen LogP contribution in [-0.4, -0.2) is 45.3 Å². The molecule has 0 radical (unpaired) electrons. The van der Waals surface area contributed by atoms with E-state index < -0.39 is 0 Å². The Morgan fingerprint density at radius 3 is 3.00 bits per heavy atom. The van der Waals surface area contributed by atoms with Crippen molar-refractivity contribution in [2.24, 2.45) is 5.92 Å². The average Bonchev–Trinajstić information content (AvgIpc) is 2.96. The van der Waals surface area contributed by atoms with Crippen LogP contribution in [0.4, 0.5) is 0 Å². The second-order valence-corrected chi connectivity index (χ2v) is 4.88. The van der Waals surface area contributed by atoms with Gasteiger partial charge in [-0.25, -0.2) is 0 Å². The van der Waals surface area contributed by atoms with Crippen LogP contribution in [0.5, 0.6) is 0 Å². The van der Waals surface area contributed by atoms with E-state index in [1.807, 2.05) is 12.1 Å². The van der Waals surface area contributed by atoms with E-state index in [0.29, 0.717) is 12.0 Å². The molecule has 0 aliphatic carbocycles. The van der Waals surface area contributed by atoms with E-state index in [0.717, 1.165) is 32.1 Å². The standard InChI is InChI=1S/C13H22N2O2/c1-15(2)12(13-4-3-6-17-13)9-14-8-11-5-7-16-10-11/h3-4,6,11-12,14H,5,7-10H2,1-2H3. The number of hydrogen-bond donors (Lipinski definition) is 1. The molecular weight excluding hydrogens is 216 g/mol. The van der Waals surface area contributed by atoms with Crippen LogP contribution in [0.15, 0.2) is 22.8 Å². The second-order valence-electron chi connectivity index (χ2n) is 4.88. The molecular formula is C13H22N2O2. The van der Waals surface area contributed by atoms with E-state index in [4.69, 9.17) is 9.15 Å². The first kappa shape index (κ1) is 12.6. The number of nitrogens with one attached hydrogen (secondary N) is 1. The van der Waals surface area contributed by atoms with Gasteiger partial charge in [0.05, 0.1) is 18.9 Å². The van der Waals surface area contributed by atoms with Crippen LogP contribution in [0.2, 0.25) is 0 Å². The summed E-state index contributed by atoms with van der Waals surface area (Å²) in [5.41, 5.74) is 0. The van der Waals surface area contributed by atoms with Crippen molar-refractivity contribution in [1.29, 1.82) is 0 Å². The van der Waals surface area contributed by atoms with Gasteiger partial charge in [0.1, 0.15) is 5.76 Å². The van der Waals surface area contributed by atoms with Gasteiger partial charge in [-0.15, -0.1) is 0 Å². The molecule has 1 fully saturated rings. The van der Waals surface area contributed by atoms with Crippen molar-refractivity contribution in [3.63, 3.8) is 0 Å². The molecule has 17 heavy (non-hydrogen) atoms. The number of rotatable bonds is 6. The highest BCUT2D eigenvalue weighted by molar-refractivity contribution is 5.04. The zero-order chi connectivity index (χ0) is 12.1. The normalized spacial score (nSPS) is 22.2. The van der Waals surface area contributed by atoms with Crippen molar-refractivity contribution in [1.82, 2.24) is 10.2 Å².